The first-order chi connectivity index (χ1) is 9.03. The van der Waals surface area contributed by atoms with Crippen LogP contribution >= 0.6 is 11.8 Å². The molecule has 0 aromatic heterocycles. The summed E-state index contributed by atoms with van der Waals surface area (Å²) in [5.74, 6) is 0. The molecule has 0 bridgehead atoms. The van der Waals surface area contributed by atoms with E-state index in [2.05, 4.69) is 29.0 Å². The van der Waals surface area contributed by atoms with Crippen LogP contribution in [-0.2, 0) is 16.4 Å². The van der Waals surface area contributed by atoms with Gasteiger partial charge in [-0.1, -0.05) is 25.0 Å². The van der Waals surface area contributed by atoms with Gasteiger partial charge in [0.1, 0.15) is 0 Å². The van der Waals surface area contributed by atoms with E-state index in [1.54, 1.807) is 0 Å². The van der Waals surface area contributed by atoms with Gasteiger partial charge in [-0.25, -0.2) is 13.1 Å². The van der Waals surface area contributed by atoms with Crippen molar-refractivity contribution in [1.29, 1.82) is 0 Å². The van der Waals surface area contributed by atoms with Gasteiger partial charge in [-0.05, 0) is 37.0 Å². The Morgan fingerprint density at radius 2 is 1.84 bits per heavy atom. The van der Waals surface area contributed by atoms with Crippen molar-refractivity contribution >= 4 is 21.8 Å². The number of thioether (sulfide) groups is 1. The Labute approximate surface area is 120 Å². The normalized spacial score (nSPS) is 16.9. The summed E-state index contributed by atoms with van der Waals surface area (Å²) in [6, 6.07) is 8.50. The summed E-state index contributed by atoms with van der Waals surface area (Å²) in [5, 5.41) is 0.790. The zero-order chi connectivity index (χ0) is 13.7. The maximum atomic E-state index is 11.0. The minimum absolute atomic E-state index is 0.466. The van der Waals surface area contributed by atoms with E-state index in [1.165, 1.54) is 42.4 Å². The van der Waals surface area contributed by atoms with E-state index < -0.39 is 10.0 Å². The van der Waals surface area contributed by atoms with Crippen molar-refractivity contribution in [2.75, 3.05) is 12.8 Å². The standard InChI is InChI=1S/C14H21NO2S2/c1-19(16,17)15-11-10-12-6-8-14(9-7-12)18-13-4-2-3-5-13/h6-9,13,15H,2-5,10-11H2,1H3. The van der Waals surface area contributed by atoms with Gasteiger partial charge in [0.25, 0.3) is 0 Å². The zero-order valence-corrected chi connectivity index (χ0v) is 12.9. The predicted molar refractivity (Wildman–Crippen MR) is 81.1 cm³/mol. The topological polar surface area (TPSA) is 46.2 Å². The Balaban J connectivity index is 1.80. The first-order valence-electron chi connectivity index (χ1n) is 6.73. The van der Waals surface area contributed by atoms with Gasteiger partial charge in [0, 0.05) is 16.7 Å². The summed E-state index contributed by atoms with van der Waals surface area (Å²) in [6.45, 7) is 0.466. The number of hydrogen-bond acceptors (Lipinski definition) is 3. The Morgan fingerprint density at radius 1 is 1.21 bits per heavy atom. The van der Waals surface area contributed by atoms with Crippen molar-refractivity contribution in [2.45, 2.75) is 42.2 Å². The highest BCUT2D eigenvalue weighted by Crippen LogP contribution is 2.34. The van der Waals surface area contributed by atoms with Crippen LogP contribution in [0, 0.1) is 0 Å². The van der Waals surface area contributed by atoms with Crippen molar-refractivity contribution in [3.8, 4) is 0 Å². The first-order valence-corrected chi connectivity index (χ1v) is 9.50. The fraction of sp³-hybridized carbons (Fsp3) is 0.571. The highest BCUT2D eigenvalue weighted by atomic mass is 32.2. The van der Waals surface area contributed by atoms with Gasteiger partial charge in [0.2, 0.25) is 10.0 Å². The second-order valence-corrected chi connectivity index (χ2v) is 8.29. The highest BCUT2D eigenvalue weighted by molar-refractivity contribution is 8.00. The predicted octanol–water partition coefficient (Wildman–Crippen LogP) is 2.81. The van der Waals surface area contributed by atoms with Crippen molar-refractivity contribution < 1.29 is 8.42 Å². The zero-order valence-electron chi connectivity index (χ0n) is 11.3. The van der Waals surface area contributed by atoms with E-state index in [0.717, 1.165) is 11.7 Å². The number of hydrogen-bond donors (Lipinski definition) is 1. The molecule has 1 aromatic rings. The Morgan fingerprint density at radius 3 is 2.42 bits per heavy atom. The molecule has 0 saturated heterocycles. The average molecular weight is 299 g/mol. The fourth-order valence-electron chi connectivity index (χ4n) is 2.31. The summed E-state index contributed by atoms with van der Waals surface area (Å²) >= 11 is 1.98. The van der Waals surface area contributed by atoms with E-state index in [0.29, 0.717) is 6.54 Å². The molecule has 0 heterocycles. The number of benzene rings is 1. The van der Waals surface area contributed by atoms with Crippen LogP contribution in [0.3, 0.4) is 0 Å². The maximum Gasteiger partial charge on any atom is 0.208 e. The van der Waals surface area contributed by atoms with Crippen LogP contribution in [0.25, 0.3) is 0 Å². The van der Waals surface area contributed by atoms with E-state index >= 15 is 0 Å². The van der Waals surface area contributed by atoms with Gasteiger partial charge < -0.3 is 0 Å². The van der Waals surface area contributed by atoms with Gasteiger partial charge in [-0.2, -0.15) is 0 Å². The minimum Gasteiger partial charge on any atom is -0.215 e. The molecule has 1 aliphatic carbocycles. The second-order valence-electron chi connectivity index (χ2n) is 5.08. The molecule has 0 spiro atoms. The van der Waals surface area contributed by atoms with Crippen LogP contribution in [0.15, 0.2) is 29.2 Å². The molecule has 0 unspecified atom stereocenters. The molecule has 1 aliphatic rings. The third-order valence-electron chi connectivity index (χ3n) is 3.31. The lowest BCUT2D eigenvalue weighted by atomic mass is 10.2. The monoisotopic (exact) mass is 299 g/mol. The molecule has 1 N–H and O–H groups in total. The van der Waals surface area contributed by atoms with Crippen molar-refractivity contribution in [3.05, 3.63) is 29.8 Å². The van der Waals surface area contributed by atoms with Crippen LogP contribution in [0.5, 0.6) is 0 Å². The summed E-state index contributed by atoms with van der Waals surface area (Å²) in [5.41, 5.74) is 1.17. The third-order valence-corrected chi connectivity index (χ3v) is 5.38. The smallest absolute Gasteiger partial charge is 0.208 e. The molecule has 0 amide bonds. The molecule has 3 nitrogen and oxygen atoms in total. The lowest BCUT2D eigenvalue weighted by Crippen LogP contribution is -2.24. The molecule has 19 heavy (non-hydrogen) atoms. The molecule has 0 radical (unpaired) electrons. The molecular weight excluding hydrogens is 278 g/mol. The van der Waals surface area contributed by atoms with Crippen LogP contribution in [0.1, 0.15) is 31.2 Å². The van der Waals surface area contributed by atoms with E-state index in [1.807, 2.05) is 11.8 Å². The summed E-state index contributed by atoms with van der Waals surface area (Å²) < 4.78 is 24.4. The van der Waals surface area contributed by atoms with Gasteiger partial charge >= 0.3 is 0 Å². The quantitative estimate of drug-likeness (QED) is 0.878. The lowest BCUT2D eigenvalue weighted by molar-refractivity contribution is 0.588. The van der Waals surface area contributed by atoms with Crippen LogP contribution in [-0.4, -0.2) is 26.5 Å². The maximum absolute atomic E-state index is 11.0. The molecule has 0 atom stereocenters. The molecule has 0 aliphatic heterocycles. The molecule has 1 aromatic carbocycles. The van der Waals surface area contributed by atoms with Crippen LogP contribution in [0.4, 0.5) is 0 Å². The van der Waals surface area contributed by atoms with Crippen molar-refractivity contribution in [1.82, 2.24) is 4.72 Å². The van der Waals surface area contributed by atoms with Crippen molar-refractivity contribution in [2.24, 2.45) is 0 Å². The number of sulfonamides is 1. The van der Waals surface area contributed by atoms with Crippen molar-refractivity contribution in [3.63, 3.8) is 0 Å². The molecule has 2 rings (SSSR count). The largest absolute Gasteiger partial charge is 0.215 e. The van der Waals surface area contributed by atoms with E-state index in [4.69, 9.17) is 0 Å². The molecule has 1 saturated carbocycles. The molecule has 106 valence electrons. The summed E-state index contributed by atoms with van der Waals surface area (Å²) in [6.07, 6.45) is 7.34. The van der Waals surface area contributed by atoms with E-state index in [-0.39, 0.29) is 0 Å². The van der Waals surface area contributed by atoms with Gasteiger partial charge in [0.05, 0.1) is 6.26 Å². The molecule has 5 heteroatoms. The fourth-order valence-corrected chi connectivity index (χ4v) is 4.03. The first kappa shape index (κ1) is 14.9. The van der Waals surface area contributed by atoms with E-state index in [9.17, 15) is 8.42 Å². The highest BCUT2D eigenvalue weighted by Gasteiger charge is 2.15. The summed E-state index contributed by atoms with van der Waals surface area (Å²) in [7, 11) is -3.07. The molecule has 1 fully saturated rings. The Kier molecular flexibility index (Phi) is 5.30. The SMILES string of the molecule is CS(=O)(=O)NCCc1ccc(SC2CCCC2)cc1. The second kappa shape index (κ2) is 6.77. The molecular formula is C14H21NO2S2. The van der Waals surface area contributed by atoms with Gasteiger partial charge in [-0.3, -0.25) is 0 Å². The summed E-state index contributed by atoms with van der Waals surface area (Å²) in [4.78, 5) is 1.33. The number of rotatable bonds is 6. The Hall–Kier alpha value is -0.520. The average Bonchev–Trinajstić information content (AvgIpc) is 2.83. The minimum atomic E-state index is -3.07. The Bertz CT molecular complexity index is 491. The van der Waals surface area contributed by atoms with Gasteiger partial charge in [-0.15, -0.1) is 11.8 Å². The van der Waals surface area contributed by atoms with Crippen LogP contribution in [0.2, 0.25) is 0 Å². The van der Waals surface area contributed by atoms with Gasteiger partial charge in [0.15, 0.2) is 0 Å². The van der Waals surface area contributed by atoms with Crippen LogP contribution < -0.4 is 4.72 Å². The number of nitrogens with one attached hydrogen (secondary N) is 1. The lowest BCUT2D eigenvalue weighted by Gasteiger charge is -2.09. The third kappa shape index (κ3) is 5.55.